The number of benzene rings is 2. The van der Waals surface area contributed by atoms with Gasteiger partial charge in [0.1, 0.15) is 5.82 Å². The van der Waals surface area contributed by atoms with Crippen LogP contribution in [-0.2, 0) is 0 Å². The van der Waals surface area contributed by atoms with Gasteiger partial charge >= 0.3 is 6.61 Å². The van der Waals surface area contributed by atoms with Gasteiger partial charge in [-0.05, 0) is 40.2 Å². The Hall–Kier alpha value is -2.35. The van der Waals surface area contributed by atoms with Gasteiger partial charge in [-0.1, -0.05) is 12.1 Å². The van der Waals surface area contributed by atoms with Gasteiger partial charge in [-0.25, -0.2) is 9.29 Å². The summed E-state index contributed by atoms with van der Waals surface area (Å²) >= 11 is 2.80. The highest BCUT2D eigenvalue weighted by molar-refractivity contribution is 9.10. The van der Waals surface area contributed by atoms with E-state index in [1.807, 2.05) is 0 Å². The molecule has 0 spiro atoms. The fourth-order valence-corrected chi connectivity index (χ4v) is 2.74. The lowest BCUT2D eigenvalue weighted by atomic mass is 10.1. The third kappa shape index (κ3) is 2.48. The molecule has 0 atom stereocenters. The van der Waals surface area contributed by atoms with Crippen molar-refractivity contribution < 1.29 is 27.5 Å². The monoisotopic (exact) mass is 385 g/mol. The minimum atomic E-state index is -3.25. The number of nitrogens with zero attached hydrogens (tertiary/aromatic N) is 1. The van der Waals surface area contributed by atoms with Gasteiger partial charge in [0.2, 0.25) is 0 Å². The lowest BCUT2D eigenvalue weighted by molar-refractivity contribution is -0.0502. The average molecular weight is 386 g/mol. The minimum absolute atomic E-state index is 0.140. The summed E-state index contributed by atoms with van der Waals surface area (Å²) in [6, 6.07) is 8.03. The highest BCUT2D eigenvalue weighted by Crippen LogP contribution is 2.41. The maximum atomic E-state index is 13.6. The van der Waals surface area contributed by atoms with Crippen LogP contribution in [0.5, 0.6) is 5.75 Å². The van der Waals surface area contributed by atoms with E-state index in [-0.39, 0.29) is 16.8 Å². The van der Waals surface area contributed by atoms with Gasteiger partial charge in [0, 0.05) is 0 Å². The van der Waals surface area contributed by atoms with E-state index in [1.54, 1.807) is 12.1 Å². The normalized spacial score (nSPS) is 13.7. The van der Waals surface area contributed by atoms with Crippen LogP contribution in [0.4, 0.5) is 18.9 Å². The molecule has 0 saturated heterocycles. The second kappa shape index (κ2) is 5.69. The van der Waals surface area contributed by atoms with Crippen molar-refractivity contribution in [1.29, 1.82) is 0 Å². The topological polar surface area (TPSA) is 46.6 Å². The van der Waals surface area contributed by atoms with Crippen molar-refractivity contribution in [2.75, 3.05) is 4.90 Å². The maximum Gasteiger partial charge on any atom is 0.387 e. The molecule has 0 N–H and O–H groups in total. The lowest BCUT2D eigenvalue weighted by Crippen LogP contribution is -2.30. The van der Waals surface area contributed by atoms with Crippen LogP contribution in [0.1, 0.15) is 20.7 Å². The van der Waals surface area contributed by atoms with E-state index in [4.69, 9.17) is 0 Å². The molecule has 3 rings (SSSR count). The van der Waals surface area contributed by atoms with Crippen molar-refractivity contribution >= 4 is 33.4 Å². The van der Waals surface area contributed by atoms with E-state index in [9.17, 15) is 22.8 Å². The Morgan fingerprint density at radius 3 is 2.09 bits per heavy atom. The van der Waals surface area contributed by atoms with Crippen LogP contribution in [-0.4, -0.2) is 18.4 Å². The van der Waals surface area contributed by atoms with Crippen LogP contribution in [0, 0.1) is 5.82 Å². The smallest absolute Gasteiger partial charge is 0.387 e. The van der Waals surface area contributed by atoms with Crippen molar-refractivity contribution in [3.63, 3.8) is 0 Å². The standard InChI is InChI=1S/C15H7BrF3NO3/c16-11-9(17)5-6-10(12(11)23-15(18)19)20-13(21)7-3-1-2-4-8(7)14(20)22/h1-6,15H. The second-order valence-corrected chi connectivity index (χ2v) is 5.37. The molecule has 2 aromatic carbocycles. The van der Waals surface area contributed by atoms with Crippen molar-refractivity contribution in [2.24, 2.45) is 0 Å². The van der Waals surface area contributed by atoms with E-state index >= 15 is 0 Å². The quantitative estimate of drug-likeness (QED) is 0.750. The lowest BCUT2D eigenvalue weighted by Gasteiger charge is -2.19. The molecule has 8 heteroatoms. The molecule has 0 bridgehead atoms. The van der Waals surface area contributed by atoms with Crippen molar-refractivity contribution in [3.05, 3.63) is 57.8 Å². The zero-order valence-electron chi connectivity index (χ0n) is 11.2. The first kappa shape index (κ1) is 15.5. The number of ether oxygens (including phenoxy) is 1. The van der Waals surface area contributed by atoms with E-state index in [0.717, 1.165) is 12.1 Å². The molecule has 2 aromatic rings. The summed E-state index contributed by atoms with van der Waals surface area (Å²) < 4.78 is 42.7. The summed E-state index contributed by atoms with van der Waals surface area (Å²) in [7, 11) is 0. The SMILES string of the molecule is O=C1c2ccccc2C(=O)N1c1ccc(F)c(Br)c1OC(F)F. The predicted molar refractivity (Wildman–Crippen MR) is 78.3 cm³/mol. The van der Waals surface area contributed by atoms with Crippen molar-refractivity contribution in [2.45, 2.75) is 6.61 Å². The van der Waals surface area contributed by atoms with Crippen LogP contribution in [0.3, 0.4) is 0 Å². The molecule has 23 heavy (non-hydrogen) atoms. The van der Waals surface area contributed by atoms with E-state index in [1.165, 1.54) is 12.1 Å². The van der Waals surface area contributed by atoms with Crippen LogP contribution in [0.15, 0.2) is 40.9 Å². The summed E-state index contributed by atoms with van der Waals surface area (Å²) in [6.45, 7) is -3.25. The number of carbonyl (C=O) groups is 2. The summed E-state index contributed by atoms with van der Waals surface area (Å²) in [4.78, 5) is 25.5. The Balaban J connectivity index is 2.15. The number of rotatable bonds is 3. The Morgan fingerprint density at radius 2 is 1.57 bits per heavy atom. The zero-order chi connectivity index (χ0) is 16.7. The third-order valence-electron chi connectivity index (χ3n) is 3.27. The summed E-state index contributed by atoms with van der Waals surface area (Å²) in [5.41, 5.74) is 0.0201. The van der Waals surface area contributed by atoms with E-state index in [2.05, 4.69) is 20.7 Å². The highest BCUT2D eigenvalue weighted by Gasteiger charge is 2.38. The molecule has 0 unspecified atom stereocenters. The Labute approximate surface area is 136 Å². The van der Waals surface area contributed by atoms with Gasteiger partial charge in [0.15, 0.2) is 5.75 Å². The molecule has 1 heterocycles. The van der Waals surface area contributed by atoms with Crippen molar-refractivity contribution in [1.82, 2.24) is 0 Å². The fraction of sp³-hybridized carbons (Fsp3) is 0.0667. The first-order valence-corrected chi connectivity index (χ1v) is 7.11. The molecular weight excluding hydrogens is 379 g/mol. The van der Waals surface area contributed by atoms with Crippen LogP contribution < -0.4 is 9.64 Å². The minimum Gasteiger partial charge on any atom is -0.431 e. The first-order chi connectivity index (χ1) is 10.9. The number of hydrogen-bond acceptors (Lipinski definition) is 3. The van der Waals surface area contributed by atoms with Gasteiger partial charge < -0.3 is 4.74 Å². The molecule has 4 nitrogen and oxygen atoms in total. The number of alkyl halides is 2. The first-order valence-electron chi connectivity index (χ1n) is 6.32. The number of halogens is 4. The number of amides is 2. The maximum absolute atomic E-state index is 13.6. The van der Waals surface area contributed by atoms with Gasteiger partial charge in [-0.2, -0.15) is 8.78 Å². The molecule has 118 valence electrons. The van der Waals surface area contributed by atoms with Crippen LogP contribution in [0.25, 0.3) is 0 Å². The van der Waals surface area contributed by atoms with Gasteiger partial charge in [-0.3, -0.25) is 9.59 Å². The molecule has 0 aliphatic carbocycles. The Bertz CT molecular complexity index is 791. The number of imide groups is 1. The third-order valence-corrected chi connectivity index (χ3v) is 4.01. The largest absolute Gasteiger partial charge is 0.431 e. The van der Waals surface area contributed by atoms with Crippen molar-refractivity contribution in [3.8, 4) is 5.75 Å². The van der Waals surface area contributed by atoms with Gasteiger partial charge in [0.05, 0.1) is 21.3 Å². The molecule has 0 saturated carbocycles. The molecule has 0 fully saturated rings. The number of anilines is 1. The molecule has 1 aliphatic heterocycles. The van der Waals surface area contributed by atoms with Gasteiger partial charge in [0.25, 0.3) is 11.8 Å². The molecule has 1 aliphatic rings. The number of fused-ring (bicyclic) bond motifs is 1. The molecule has 0 aromatic heterocycles. The van der Waals surface area contributed by atoms with Gasteiger partial charge in [-0.15, -0.1) is 0 Å². The summed E-state index contributed by atoms with van der Waals surface area (Å²) in [5.74, 6) is -2.86. The number of hydrogen-bond donors (Lipinski definition) is 0. The Morgan fingerprint density at radius 1 is 1.00 bits per heavy atom. The van der Waals surface area contributed by atoms with E-state index < -0.39 is 34.5 Å². The van der Waals surface area contributed by atoms with E-state index in [0.29, 0.717) is 4.90 Å². The molecule has 0 radical (unpaired) electrons. The van der Waals surface area contributed by atoms with Crippen LogP contribution in [0.2, 0.25) is 0 Å². The zero-order valence-corrected chi connectivity index (χ0v) is 12.8. The second-order valence-electron chi connectivity index (χ2n) is 4.58. The number of carbonyl (C=O) groups excluding carboxylic acids is 2. The predicted octanol–water partition coefficient (Wildman–Crippen LogP) is 3.99. The molecular formula is C15H7BrF3NO3. The van der Waals surface area contributed by atoms with Crippen LogP contribution >= 0.6 is 15.9 Å². The molecule has 2 amide bonds. The summed E-state index contributed by atoms with van der Waals surface area (Å²) in [6.07, 6.45) is 0. The Kier molecular flexibility index (Phi) is 3.85. The average Bonchev–Trinajstić information content (AvgIpc) is 2.77. The fourth-order valence-electron chi connectivity index (χ4n) is 2.31. The summed E-state index contributed by atoms with van der Waals surface area (Å²) in [5, 5.41) is 0. The highest BCUT2D eigenvalue weighted by atomic mass is 79.9.